The Bertz CT molecular complexity index is 701. The first-order valence-electron chi connectivity index (χ1n) is 10.2. The predicted molar refractivity (Wildman–Crippen MR) is 115 cm³/mol. The van der Waals surface area contributed by atoms with Gasteiger partial charge in [-0.1, -0.05) is 86.8 Å². The molecule has 0 spiro atoms. The number of hydrogen-bond acceptors (Lipinski definition) is 5. The number of esters is 1. The molecule has 158 valence electrons. The largest absolute Gasteiger partial charge is 0.466 e. The second kappa shape index (κ2) is 13.3. The Morgan fingerprint density at radius 2 is 1.38 bits per heavy atom. The van der Waals surface area contributed by atoms with Gasteiger partial charge in [-0.3, -0.25) is 9.36 Å². The molecule has 0 aromatic heterocycles. The molecule has 0 radical (unpaired) electrons. The van der Waals surface area contributed by atoms with Crippen molar-refractivity contribution in [2.75, 3.05) is 12.8 Å². The molecule has 29 heavy (non-hydrogen) atoms. The van der Waals surface area contributed by atoms with Gasteiger partial charge in [-0.05, 0) is 17.5 Å². The molecule has 0 bridgehead atoms. The van der Waals surface area contributed by atoms with Gasteiger partial charge in [-0.2, -0.15) is 0 Å². The minimum atomic E-state index is -3.45. The molecule has 0 saturated heterocycles. The number of ether oxygens (including phenoxy) is 1. The van der Waals surface area contributed by atoms with Crippen LogP contribution in [0.4, 0.5) is 0 Å². The zero-order valence-electron chi connectivity index (χ0n) is 17.1. The molecular weight excluding hydrogens is 387 g/mol. The van der Waals surface area contributed by atoms with Gasteiger partial charge in [0.15, 0.2) is 0 Å². The molecule has 0 fully saturated rings. The standard InChI is InChI=1S/C23H31O5P/c1-2-3-4-11-17-26-23(24)16-18-29(25,27-19-21-12-7-5-8-13-21)28-20-22-14-9-6-10-15-22/h5-10,12-15H,2-4,11,16-20H2,1H3. The first kappa shape index (κ1) is 23.3. The maximum Gasteiger partial charge on any atom is 0.331 e. The summed E-state index contributed by atoms with van der Waals surface area (Å²) in [6, 6.07) is 19.0. The van der Waals surface area contributed by atoms with Crippen LogP contribution in [0.3, 0.4) is 0 Å². The van der Waals surface area contributed by atoms with Gasteiger partial charge in [0, 0.05) is 0 Å². The molecule has 2 aromatic rings. The summed E-state index contributed by atoms with van der Waals surface area (Å²) in [6.07, 6.45) is 4.17. The fourth-order valence-electron chi connectivity index (χ4n) is 2.68. The first-order chi connectivity index (χ1) is 14.1. The van der Waals surface area contributed by atoms with Crippen molar-refractivity contribution in [2.24, 2.45) is 0 Å². The average molecular weight is 418 g/mol. The van der Waals surface area contributed by atoms with E-state index < -0.39 is 7.60 Å². The fraction of sp³-hybridized carbons (Fsp3) is 0.435. The second-order valence-electron chi connectivity index (χ2n) is 6.88. The average Bonchev–Trinajstić information content (AvgIpc) is 2.76. The lowest BCUT2D eigenvalue weighted by atomic mass is 10.2. The van der Waals surface area contributed by atoms with Gasteiger partial charge >= 0.3 is 13.6 Å². The summed E-state index contributed by atoms with van der Waals surface area (Å²) in [5.74, 6) is -0.367. The molecule has 0 unspecified atom stereocenters. The van der Waals surface area contributed by atoms with Gasteiger partial charge in [0.2, 0.25) is 0 Å². The Kier molecular flexibility index (Phi) is 10.7. The molecule has 0 N–H and O–H groups in total. The highest BCUT2D eigenvalue weighted by atomic mass is 31.2. The predicted octanol–water partition coefficient (Wildman–Crippen LogP) is 6.13. The first-order valence-corrected chi connectivity index (χ1v) is 12.0. The van der Waals surface area contributed by atoms with Crippen LogP contribution in [0.2, 0.25) is 0 Å². The summed E-state index contributed by atoms with van der Waals surface area (Å²) in [7, 11) is -3.45. The summed E-state index contributed by atoms with van der Waals surface area (Å²) < 4.78 is 29.8. The summed E-state index contributed by atoms with van der Waals surface area (Å²) in [5, 5.41) is 0. The fourth-order valence-corrected chi connectivity index (χ4v) is 4.16. The zero-order chi connectivity index (χ0) is 20.8. The summed E-state index contributed by atoms with van der Waals surface area (Å²) >= 11 is 0. The number of carbonyl (C=O) groups is 1. The van der Waals surface area contributed by atoms with E-state index in [1.807, 2.05) is 60.7 Å². The lowest BCUT2D eigenvalue weighted by Gasteiger charge is -2.18. The van der Waals surface area contributed by atoms with Crippen LogP contribution in [0, 0.1) is 0 Å². The number of benzene rings is 2. The van der Waals surface area contributed by atoms with Crippen molar-refractivity contribution in [1.29, 1.82) is 0 Å². The van der Waals surface area contributed by atoms with Gasteiger partial charge in [0.1, 0.15) is 0 Å². The van der Waals surface area contributed by atoms with Crippen LogP contribution in [0.5, 0.6) is 0 Å². The van der Waals surface area contributed by atoms with Crippen molar-refractivity contribution in [3.05, 3.63) is 71.8 Å². The molecule has 0 aliphatic rings. The van der Waals surface area contributed by atoms with E-state index >= 15 is 0 Å². The highest BCUT2D eigenvalue weighted by Gasteiger charge is 2.26. The third kappa shape index (κ3) is 9.89. The Morgan fingerprint density at radius 3 is 1.90 bits per heavy atom. The van der Waals surface area contributed by atoms with Crippen LogP contribution in [-0.4, -0.2) is 18.7 Å². The number of hydrogen-bond donors (Lipinski definition) is 0. The molecule has 0 saturated carbocycles. The maximum atomic E-state index is 13.2. The summed E-state index contributed by atoms with van der Waals surface area (Å²) in [4.78, 5) is 12.0. The van der Waals surface area contributed by atoms with Gasteiger partial charge in [-0.15, -0.1) is 0 Å². The van der Waals surface area contributed by atoms with Crippen molar-refractivity contribution in [2.45, 2.75) is 52.2 Å². The normalized spacial score (nSPS) is 11.3. The highest BCUT2D eigenvalue weighted by molar-refractivity contribution is 7.53. The van der Waals surface area contributed by atoms with Crippen LogP contribution in [0.15, 0.2) is 60.7 Å². The van der Waals surface area contributed by atoms with E-state index in [0.29, 0.717) is 6.61 Å². The Hall–Kier alpha value is -1.94. The van der Waals surface area contributed by atoms with E-state index in [4.69, 9.17) is 13.8 Å². The summed E-state index contributed by atoms with van der Waals surface area (Å²) in [6.45, 7) is 2.87. The van der Waals surface area contributed by atoms with Crippen LogP contribution in [-0.2, 0) is 36.4 Å². The van der Waals surface area contributed by atoms with Crippen LogP contribution < -0.4 is 0 Å². The van der Waals surface area contributed by atoms with Crippen LogP contribution in [0.1, 0.15) is 50.2 Å². The highest BCUT2D eigenvalue weighted by Crippen LogP contribution is 2.50. The third-order valence-corrected chi connectivity index (χ3v) is 6.21. The van der Waals surface area contributed by atoms with Crippen molar-refractivity contribution in [1.82, 2.24) is 0 Å². The van der Waals surface area contributed by atoms with E-state index in [0.717, 1.165) is 36.8 Å². The van der Waals surface area contributed by atoms with E-state index in [9.17, 15) is 9.36 Å². The van der Waals surface area contributed by atoms with Gasteiger partial charge in [0.25, 0.3) is 0 Å². The Balaban J connectivity index is 1.87. The topological polar surface area (TPSA) is 61.8 Å². The molecule has 0 atom stereocenters. The van der Waals surface area contributed by atoms with Gasteiger partial charge < -0.3 is 13.8 Å². The van der Waals surface area contributed by atoms with E-state index in [2.05, 4.69) is 6.92 Å². The number of unbranched alkanes of at least 4 members (excludes halogenated alkanes) is 3. The van der Waals surface area contributed by atoms with Crippen molar-refractivity contribution in [3.63, 3.8) is 0 Å². The molecule has 0 heterocycles. The number of carbonyl (C=O) groups excluding carboxylic acids is 1. The minimum absolute atomic E-state index is 0.000457. The smallest absolute Gasteiger partial charge is 0.331 e. The van der Waals surface area contributed by atoms with Crippen molar-refractivity contribution < 1.29 is 23.1 Å². The lowest BCUT2D eigenvalue weighted by Crippen LogP contribution is -2.10. The van der Waals surface area contributed by atoms with Crippen molar-refractivity contribution >= 4 is 13.6 Å². The second-order valence-corrected chi connectivity index (χ2v) is 9.07. The quantitative estimate of drug-likeness (QED) is 0.210. The van der Waals surface area contributed by atoms with E-state index in [-0.39, 0.29) is 31.8 Å². The Morgan fingerprint density at radius 1 is 0.828 bits per heavy atom. The van der Waals surface area contributed by atoms with E-state index in [1.54, 1.807) is 0 Å². The monoisotopic (exact) mass is 418 g/mol. The third-order valence-electron chi connectivity index (χ3n) is 4.39. The molecule has 0 aliphatic heterocycles. The summed E-state index contributed by atoms with van der Waals surface area (Å²) in [5.41, 5.74) is 1.80. The maximum absolute atomic E-state index is 13.2. The van der Waals surface area contributed by atoms with Crippen molar-refractivity contribution in [3.8, 4) is 0 Å². The van der Waals surface area contributed by atoms with Gasteiger partial charge in [0.05, 0.1) is 32.4 Å². The van der Waals surface area contributed by atoms with Crippen LogP contribution >= 0.6 is 7.60 Å². The lowest BCUT2D eigenvalue weighted by molar-refractivity contribution is -0.143. The molecule has 2 aromatic carbocycles. The number of rotatable bonds is 14. The molecular formula is C23H31O5P. The SMILES string of the molecule is CCCCCCOC(=O)CCP(=O)(OCc1ccccc1)OCc1ccccc1. The molecule has 5 nitrogen and oxygen atoms in total. The van der Waals surface area contributed by atoms with E-state index in [1.165, 1.54) is 0 Å². The molecule has 0 aliphatic carbocycles. The van der Waals surface area contributed by atoms with Crippen LogP contribution in [0.25, 0.3) is 0 Å². The molecule has 6 heteroatoms. The zero-order valence-corrected chi connectivity index (χ0v) is 18.0. The van der Waals surface area contributed by atoms with Gasteiger partial charge in [-0.25, -0.2) is 0 Å². The Labute approximate surface area is 173 Å². The minimum Gasteiger partial charge on any atom is -0.466 e. The molecule has 0 amide bonds. The molecule has 2 rings (SSSR count).